The average molecular weight is 225 g/mol. The normalized spacial score (nSPS) is 12.2. The third-order valence-electron chi connectivity index (χ3n) is 2.28. The van der Waals surface area contributed by atoms with Gasteiger partial charge >= 0.3 is 0 Å². The Kier molecular flexibility index (Phi) is 5.05. The van der Waals surface area contributed by atoms with Gasteiger partial charge in [0.2, 0.25) is 11.8 Å². The van der Waals surface area contributed by atoms with E-state index in [1.54, 1.807) is 7.11 Å². The molecule has 1 rings (SSSR count). The van der Waals surface area contributed by atoms with Crippen LogP contribution in [0.3, 0.4) is 0 Å². The molecule has 1 N–H and O–H groups in total. The van der Waals surface area contributed by atoms with Crippen molar-refractivity contribution < 1.29 is 14.6 Å². The van der Waals surface area contributed by atoms with Crippen molar-refractivity contribution in [3.8, 4) is 11.8 Å². The number of methoxy groups -OCH3 is 1. The molecule has 0 aromatic carbocycles. The number of hydrogen-bond acceptors (Lipinski definition) is 4. The molecule has 0 aliphatic carbocycles. The Balaban J connectivity index is 2.85. The van der Waals surface area contributed by atoms with E-state index in [0.29, 0.717) is 24.8 Å². The first-order chi connectivity index (χ1) is 7.69. The van der Waals surface area contributed by atoms with Gasteiger partial charge in [0.1, 0.15) is 0 Å². The lowest BCUT2D eigenvalue weighted by molar-refractivity contribution is 0.170. The maximum Gasteiger partial charge on any atom is 0.216 e. The zero-order valence-corrected chi connectivity index (χ0v) is 10.1. The highest BCUT2D eigenvalue weighted by Gasteiger charge is 2.07. The number of pyridine rings is 1. The summed E-state index contributed by atoms with van der Waals surface area (Å²) < 4.78 is 10.4. The van der Waals surface area contributed by atoms with Crippen molar-refractivity contribution in [1.82, 2.24) is 4.98 Å². The van der Waals surface area contributed by atoms with E-state index in [1.807, 2.05) is 26.0 Å². The van der Waals surface area contributed by atoms with Crippen LogP contribution >= 0.6 is 0 Å². The molecule has 0 radical (unpaired) electrons. The Morgan fingerprint density at radius 3 is 2.56 bits per heavy atom. The van der Waals surface area contributed by atoms with Crippen LogP contribution in [0.15, 0.2) is 12.1 Å². The minimum atomic E-state index is -0.332. The first-order valence-electron chi connectivity index (χ1n) is 5.55. The van der Waals surface area contributed by atoms with Gasteiger partial charge in [-0.2, -0.15) is 4.98 Å². The van der Waals surface area contributed by atoms with E-state index in [4.69, 9.17) is 9.47 Å². The summed E-state index contributed by atoms with van der Waals surface area (Å²) in [7, 11) is 1.57. The van der Waals surface area contributed by atoms with Crippen LogP contribution in [0.5, 0.6) is 11.8 Å². The van der Waals surface area contributed by atoms with E-state index >= 15 is 0 Å². The van der Waals surface area contributed by atoms with E-state index in [-0.39, 0.29) is 6.10 Å². The topological polar surface area (TPSA) is 51.6 Å². The third-order valence-corrected chi connectivity index (χ3v) is 2.28. The van der Waals surface area contributed by atoms with Gasteiger partial charge in [0, 0.05) is 12.1 Å². The summed E-state index contributed by atoms with van der Waals surface area (Å²) in [6.45, 7) is 4.42. The van der Waals surface area contributed by atoms with Crippen LogP contribution < -0.4 is 9.47 Å². The summed E-state index contributed by atoms with van der Waals surface area (Å²) in [4.78, 5) is 4.15. The number of nitrogens with zero attached hydrogens (tertiary/aromatic N) is 1. The lowest BCUT2D eigenvalue weighted by Gasteiger charge is -2.11. The van der Waals surface area contributed by atoms with Gasteiger partial charge in [-0.1, -0.05) is 6.92 Å². The molecule has 16 heavy (non-hydrogen) atoms. The molecule has 1 unspecified atom stereocenters. The van der Waals surface area contributed by atoms with Crippen molar-refractivity contribution in [3.05, 3.63) is 17.7 Å². The predicted molar refractivity (Wildman–Crippen MR) is 62.0 cm³/mol. The summed E-state index contributed by atoms with van der Waals surface area (Å²) >= 11 is 0. The van der Waals surface area contributed by atoms with Gasteiger partial charge in [0.25, 0.3) is 0 Å². The van der Waals surface area contributed by atoms with E-state index in [9.17, 15) is 5.11 Å². The minimum Gasteiger partial charge on any atom is -0.481 e. The third kappa shape index (κ3) is 3.70. The van der Waals surface area contributed by atoms with Gasteiger partial charge in [0.15, 0.2) is 0 Å². The molecule has 4 heteroatoms. The first-order valence-corrected chi connectivity index (χ1v) is 5.55. The SMILES string of the molecule is CCOc1cc(CC(O)CC)cc(OC)n1. The Bertz CT molecular complexity index is 328. The average Bonchev–Trinajstić information content (AvgIpc) is 2.29. The molecule has 0 aliphatic rings. The van der Waals surface area contributed by atoms with Gasteiger partial charge in [-0.3, -0.25) is 0 Å². The Morgan fingerprint density at radius 2 is 2.00 bits per heavy atom. The van der Waals surface area contributed by atoms with Crippen LogP contribution in [-0.2, 0) is 6.42 Å². The summed E-state index contributed by atoms with van der Waals surface area (Å²) in [6, 6.07) is 3.66. The van der Waals surface area contributed by atoms with Crippen LogP contribution in [0.2, 0.25) is 0 Å². The minimum absolute atomic E-state index is 0.332. The van der Waals surface area contributed by atoms with Crippen LogP contribution in [0.25, 0.3) is 0 Å². The van der Waals surface area contributed by atoms with Gasteiger partial charge < -0.3 is 14.6 Å². The molecule has 0 saturated heterocycles. The highest BCUT2D eigenvalue weighted by Crippen LogP contribution is 2.19. The van der Waals surface area contributed by atoms with Crippen LogP contribution in [0.1, 0.15) is 25.8 Å². The Morgan fingerprint density at radius 1 is 1.31 bits per heavy atom. The van der Waals surface area contributed by atoms with Crippen LogP contribution in [-0.4, -0.2) is 29.9 Å². The molecule has 1 aromatic heterocycles. The van der Waals surface area contributed by atoms with Crippen molar-refractivity contribution in [2.75, 3.05) is 13.7 Å². The van der Waals surface area contributed by atoms with Gasteiger partial charge in [0.05, 0.1) is 19.8 Å². The second-order valence-electron chi connectivity index (χ2n) is 3.56. The number of aliphatic hydroxyl groups excluding tert-OH is 1. The molecule has 0 saturated carbocycles. The fourth-order valence-electron chi connectivity index (χ4n) is 1.39. The zero-order valence-electron chi connectivity index (χ0n) is 10.1. The van der Waals surface area contributed by atoms with Crippen molar-refractivity contribution in [3.63, 3.8) is 0 Å². The van der Waals surface area contributed by atoms with Gasteiger partial charge in [-0.05, 0) is 25.3 Å². The predicted octanol–water partition coefficient (Wildman–Crippen LogP) is 1.80. The van der Waals surface area contributed by atoms with E-state index < -0.39 is 0 Å². The number of rotatable bonds is 6. The molecule has 0 aliphatic heterocycles. The van der Waals surface area contributed by atoms with E-state index in [0.717, 1.165) is 12.0 Å². The standard InChI is InChI=1S/C12H19NO3/c1-4-10(14)6-9-7-11(15-3)13-12(8-9)16-5-2/h7-8,10,14H,4-6H2,1-3H3. The molecule has 0 fully saturated rings. The van der Waals surface area contributed by atoms with Gasteiger partial charge in [-0.15, -0.1) is 0 Å². The molecule has 1 heterocycles. The molecule has 0 bridgehead atoms. The molecule has 4 nitrogen and oxygen atoms in total. The summed E-state index contributed by atoms with van der Waals surface area (Å²) in [5.74, 6) is 1.06. The highest BCUT2D eigenvalue weighted by molar-refractivity contribution is 5.29. The first kappa shape index (κ1) is 12.8. The smallest absolute Gasteiger partial charge is 0.216 e. The monoisotopic (exact) mass is 225 g/mol. The molecule has 1 atom stereocenters. The number of hydrogen-bond donors (Lipinski definition) is 1. The Labute approximate surface area is 96.2 Å². The van der Waals surface area contributed by atoms with Crippen molar-refractivity contribution in [1.29, 1.82) is 0 Å². The quantitative estimate of drug-likeness (QED) is 0.802. The molecule has 0 spiro atoms. The summed E-state index contributed by atoms with van der Waals surface area (Å²) in [6.07, 6.45) is 0.992. The largest absolute Gasteiger partial charge is 0.481 e. The lowest BCUT2D eigenvalue weighted by atomic mass is 10.1. The zero-order chi connectivity index (χ0) is 12.0. The molecule has 1 aromatic rings. The van der Waals surface area contributed by atoms with Crippen molar-refractivity contribution in [2.45, 2.75) is 32.8 Å². The van der Waals surface area contributed by atoms with E-state index in [2.05, 4.69) is 4.98 Å². The molecule has 90 valence electrons. The maximum absolute atomic E-state index is 9.59. The van der Waals surface area contributed by atoms with Crippen molar-refractivity contribution in [2.24, 2.45) is 0 Å². The van der Waals surface area contributed by atoms with Crippen LogP contribution in [0.4, 0.5) is 0 Å². The number of aliphatic hydroxyl groups is 1. The van der Waals surface area contributed by atoms with Crippen LogP contribution in [0, 0.1) is 0 Å². The molecular formula is C12H19NO3. The second kappa shape index (κ2) is 6.33. The lowest BCUT2D eigenvalue weighted by Crippen LogP contribution is -2.09. The van der Waals surface area contributed by atoms with Crippen molar-refractivity contribution >= 4 is 0 Å². The fourth-order valence-corrected chi connectivity index (χ4v) is 1.39. The number of ether oxygens (including phenoxy) is 2. The summed E-state index contributed by atoms with van der Waals surface area (Å²) in [5.41, 5.74) is 0.977. The molecular weight excluding hydrogens is 206 g/mol. The van der Waals surface area contributed by atoms with Gasteiger partial charge in [-0.25, -0.2) is 0 Å². The van der Waals surface area contributed by atoms with E-state index in [1.165, 1.54) is 0 Å². The maximum atomic E-state index is 9.59. The summed E-state index contributed by atoms with van der Waals surface area (Å²) in [5, 5.41) is 9.59. The molecule has 0 amide bonds. The highest BCUT2D eigenvalue weighted by atomic mass is 16.5. The number of aromatic nitrogens is 1. The fraction of sp³-hybridized carbons (Fsp3) is 0.583. The Hall–Kier alpha value is -1.29. The second-order valence-corrected chi connectivity index (χ2v) is 3.56.